The highest BCUT2D eigenvalue weighted by Gasteiger charge is 2.16. The van der Waals surface area contributed by atoms with Gasteiger partial charge in [-0.1, -0.05) is 17.7 Å². The number of aromatic nitrogens is 1. The van der Waals surface area contributed by atoms with Crippen LogP contribution >= 0.6 is 39.9 Å². The molecule has 0 aliphatic heterocycles. The molecule has 1 aromatic heterocycles. The number of hydrogen-bond acceptors (Lipinski definition) is 7. The van der Waals surface area contributed by atoms with Gasteiger partial charge in [-0.2, -0.15) is 0 Å². The molecular formula is C19H21BrClN3O5S2. The number of rotatable bonds is 6. The number of hydrogen-bond donors (Lipinski definition) is 1. The van der Waals surface area contributed by atoms with E-state index in [4.69, 9.17) is 31.0 Å². The van der Waals surface area contributed by atoms with Crippen LogP contribution in [0.1, 0.15) is 0 Å². The highest BCUT2D eigenvalue weighted by molar-refractivity contribution is 8.93. The van der Waals surface area contributed by atoms with Gasteiger partial charge in [0, 0.05) is 30.1 Å². The van der Waals surface area contributed by atoms with Gasteiger partial charge in [0.2, 0.25) is 15.8 Å². The standard InChI is InChI=1S/C19H20ClN3O5S2.BrH/c1-23-14(11-5-6-13(20)17(7-11)30(21,24)25)10-29-19(23)22-12-8-15(26-2)18(28-4)16(9-12)27-3;/h5-10H,1-4H3,(H2,21,24,25);1H. The van der Waals surface area contributed by atoms with Gasteiger partial charge in [-0.25, -0.2) is 18.5 Å². The summed E-state index contributed by atoms with van der Waals surface area (Å²) < 4.78 is 41.5. The van der Waals surface area contributed by atoms with Gasteiger partial charge in [0.05, 0.1) is 37.7 Å². The van der Waals surface area contributed by atoms with Crippen molar-refractivity contribution in [1.82, 2.24) is 4.57 Å². The largest absolute Gasteiger partial charge is 0.493 e. The average molecular weight is 551 g/mol. The molecule has 168 valence electrons. The zero-order valence-electron chi connectivity index (χ0n) is 17.1. The van der Waals surface area contributed by atoms with Crippen molar-refractivity contribution in [2.45, 2.75) is 4.90 Å². The van der Waals surface area contributed by atoms with Crippen LogP contribution in [0.15, 0.2) is 45.6 Å². The quantitative estimate of drug-likeness (QED) is 0.501. The molecule has 8 nitrogen and oxygen atoms in total. The molecule has 0 spiro atoms. The van der Waals surface area contributed by atoms with E-state index in [9.17, 15) is 8.42 Å². The van der Waals surface area contributed by atoms with E-state index in [2.05, 4.69) is 4.99 Å². The Balaban J connectivity index is 0.00000341. The fourth-order valence-corrected chi connectivity index (χ4v) is 4.85. The molecule has 1 heterocycles. The molecule has 0 bridgehead atoms. The molecule has 0 aliphatic rings. The first-order chi connectivity index (χ1) is 14.2. The molecule has 2 aromatic carbocycles. The molecule has 0 saturated heterocycles. The maximum atomic E-state index is 11.8. The van der Waals surface area contributed by atoms with Crippen molar-refractivity contribution in [1.29, 1.82) is 0 Å². The first-order valence-corrected chi connectivity index (χ1v) is 11.3. The minimum atomic E-state index is -3.94. The maximum Gasteiger partial charge on any atom is 0.239 e. The van der Waals surface area contributed by atoms with Crippen molar-refractivity contribution in [2.24, 2.45) is 17.2 Å². The number of nitrogens with two attached hydrogens (primary N) is 1. The molecule has 2 N–H and O–H groups in total. The number of thiazole rings is 1. The number of benzene rings is 2. The summed E-state index contributed by atoms with van der Waals surface area (Å²) in [6.07, 6.45) is 0. The Kier molecular flexibility index (Phi) is 8.17. The molecule has 0 fully saturated rings. The van der Waals surface area contributed by atoms with E-state index >= 15 is 0 Å². The minimum absolute atomic E-state index is 0. The van der Waals surface area contributed by atoms with Gasteiger partial charge in [-0.3, -0.25) is 0 Å². The number of primary sulfonamides is 1. The fourth-order valence-electron chi connectivity index (χ4n) is 2.86. The van der Waals surface area contributed by atoms with Crippen molar-refractivity contribution in [3.8, 4) is 28.5 Å². The fraction of sp³-hybridized carbons (Fsp3) is 0.211. The number of ether oxygens (including phenoxy) is 3. The highest BCUT2D eigenvalue weighted by Crippen LogP contribution is 2.40. The number of halogens is 2. The van der Waals surface area contributed by atoms with E-state index in [1.807, 2.05) is 17.0 Å². The maximum absolute atomic E-state index is 11.8. The summed E-state index contributed by atoms with van der Waals surface area (Å²) in [5.74, 6) is 1.46. The highest BCUT2D eigenvalue weighted by atomic mass is 79.9. The summed E-state index contributed by atoms with van der Waals surface area (Å²) in [6, 6.07) is 8.15. The van der Waals surface area contributed by atoms with Gasteiger partial charge < -0.3 is 18.8 Å². The van der Waals surface area contributed by atoms with Crippen LogP contribution in [-0.2, 0) is 17.1 Å². The first-order valence-electron chi connectivity index (χ1n) is 8.51. The van der Waals surface area contributed by atoms with Crippen LogP contribution < -0.4 is 24.2 Å². The Bertz CT molecular complexity index is 1250. The van der Waals surface area contributed by atoms with E-state index in [1.54, 1.807) is 18.2 Å². The summed E-state index contributed by atoms with van der Waals surface area (Å²) in [4.78, 5) is 5.21. The summed E-state index contributed by atoms with van der Waals surface area (Å²) in [5.41, 5.74) is 2.01. The Morgan fingerprint density at radius 1 is 1.06 bits per heavy atom. The lowest BCUT2D eigenvalue weighted by atomic mass is 10.2. The van der Waals surface area contributed by atoms with Crippen LogP contribution in [0.25, 0.3) is 11.3 Å². The SMILES string of the molecule is Br.COc1cc(N=c2scc(-c3ccc(Cl)c(S(N)(=O)=O)c3)n2C)cc(OC)c1OC. The lowest BCUT2D eigenvalue weighted by Gasteiger charge is -2.12. The van der Waals surface area contributed by atoms with Crippen LogP contribution in [0.2, 0.25) is 5.02 Å². The Morgan fingerprint density at radius 2 is 1.68 bits per heavy atom. The van der Waals surface area contributed by atoms with E-state index in [-0.39, 0.29) is 26.9 Å². The van der Waals surface area contributed by atoms with Crippen molar-refractivity contribution in [2.75, 3.05) is 21.3 Å². The molecule has 3 rings (SSSR count). The number of methoxy groups -OCH3 is 3. The van der Waals surface area contributed by atoms with Gasteiger partial charge in [-0.05, 0) is 12.1 Å². The van der Waals surface area contributed by atoms with E-state index < -0.39 is 10.0 Å². The summed E-state index contributed by atoms with van der Waals surface area (Å²) in [5, 5.41) is 7.20. The van der Waals surface area contributed by atoms with Crippen LogP contribution in [0, 0.1) is 0 Å². The van der Waals surface area contributed by atoms with E-state index in [0.29, 0.717) is 33.3 Å². The van der Waals surface area contributed by atoms with Crippen molar-refractivity contribution in [3.63, 3.8) is 0 Å². The van der Waals surface area contributed by atoms with E-state index in [1.165, 1.54) is 44.8 Å². The minimum Gasteiger partial charge on any atom is -0.493 e. The second-order valence-electron chi connectivity index (χ2n) is 6.15. The molecule has 0 saturated carbocycles. The summed E-state index contributed by atoms with van der Waals surface area (Å²) >= 11 is 7.38. The third-order valence-corrected chi connectivity index (χ3v) is 6.64. The zero-order chi connectivity index (χ0) is 22.1. The summed E-state index contributed by atoms with van der Waals surface area (Å²) in [6.45, 7) is 0. The normalized spacial score (nSPS) is 11.7. The summed E-state index contributed by atoms with van der Waals surface area (Å²) in [7, 11) is 2.49. The van der Waals surface area contributed by atoms with E-state index in [0.717, 1.165) is 5.69 Å². The van der Waals surface area contributed by atoms with Crippen LogP contribution in [0.5, 0.6) is 17.2 Å². The van der Waals surface area contributed by atoms with Crippen molar-refractivity contribution >= 4 is 55.6 Å². The van der Waals surface area contributed by atoms with Crippen LogP contribution in [0.4, 0.5) is 5.69 Å². The monoisotopic (exact) mass is 549 g/mol. The Hall–Kier alpha value is -2.05. The topological polar surface area (TPSA) is 105 Å². The Labute approximate surface area is 199 Å². The van der Waals surface area contributed by atoms with Gasteiger partial charge in [0.15, 0.2) is 16.3 Å². The Morgan fingerprint density at radius 3 is 2.19 bits per heavy atom. The first kappa shape index (κ1) is 25.2. The van der Waals surface area contributed by atoms with Gasteiger partial charge >= 0.3 is 0 Å². The molecule has 0 unspecified atom stereocenters. The predicted molar refractivity (Wildman–Crippen MR) is 127 cm³/mol. The molecule has 12 heteroatoms. The lowest BCUT2D eigenvalue weighted by Crippen LogP contribution is -2.13. The molecule has 0 amide bonds. The zero-order valence-corrected chi connectivity index (χ0v) is 21.2. The predicted octanol–water partition coefficient (Wildman–Crippen LogP) is 3.89. The second kappa shape index (κ2) is 10.0. The molecule has 0 radical (unpaired) electrons. The molecule has 0 atom stereocenters. The molecule has 3 aromatic rings. The number of sulfonamides is 1. The lowest BCUT2D eigenvalue weighted by molar-refractivity contribution is 0.324. The smallest absolute Gasteiger partial charge is 0.239 e. The number of nitrogens with zero attached hydrogens (tertiary/aromatic N) is 2. The van der Waals surface area contributed by atoms with Crippen molar-refractivity contribution < 1.29 is 22.6 Å². The molecule has 0 aliphatic carbocycles. The van der Waals surface area contributed by atoms with Gasteiger partial charge in [0.1, 0.15) is 4.90 Å². The van der Waals surface area contributed by atoms with Gasteiger partial charge in [0.25, 0.3) is 0 Å². The molecule has 31 heavy (non-hydrogen) atoms. The van der Waals surface area contributed by atoms with Crippen LogP contribution in [0.3, 0.4) is 0 Å². The van der Waals surface area contributed by atoms with Crippen LogP contribution in [-0.4, -0.2) is 34.3 Å². The van der Waals surface area contributed by atoms with Crippen molar-refractivity contribution in [3.05, 3.63) is 45.5 Å². The molecular weight excluding hydrogens is 530 g/mol. The van der Waals surface area contributed by atoms with Gasteiger partial charge in [-0.15, -0.1) is 28.3 Å². The second-order valence-corrected chi connectivity index (χ2v) is 8.92. The third-order valence-electron chi connectivity index (χ3n) is 4.33. The average Bonchev–Trinajstić information content (AvgIpc) is 3.06. The third kappa shape index (κ3) is 5.24.